The van der Waals surface area contributed by atoms with E-state index in [-0.39, 0.29) is 11.6 Å². The lowest BCUT2D eigenvalue weighted by molar-refractivity contribution is 0.0697. The minimum absolute atomic E-state index is 0.158. The van der Waals surface area contributed by atoms with Gasteiger partial charge in [-0.3, -0.25) is 0 Å². The van der Waals surface area contributed by atoms with Crippen LogP contribution in [-0.2, 0) is 6.54 Å². The predicted molar refractivity (Wildman–Crippen MR) is 113 cm³/mol. The molecule has 0 aliphatic carbocycles. The first-order valence-corrected chi connectivity index (χ1v) is 9.83. The van der Waals surface area contributed by atoms with E-state index in [1.54, 1.807) is 42.6 Å². The Morgan fingerprint density at radius 2 is 1.97 bits per heavy atom. The van der Waals surface area contributed by atoms with Gasteiger partial charge in [-0.15, -0.1) is 0 Å². The Bertz CT molecular complexity index is 1110. The zero-order valence-electron chi connectivity index (χ0n) is 16.8. The van der Waals surface area contributed by atoms with E-state index in [0.29, 0.717) is 36.8 Å². The summed E-state index contributed by atoms with van der Waals surface area (Å²) in [7, 11) is 0. The molecule has 31 heavy (non-hydrogen) atoms. The van der Waals surface area contributed by atoms with Crippen molar-refractivity contribution in [2.24, 2.45) is 0 Å². The number of rotatable bonds is 6. The number of halogens is 2. The summed E-state index contributed by atoms with van der Waals surface area (Å²) in [6, 6.07) is 12.1. The zero-order valence-corrected chi connectivity index (χ0v) is 16.8. The molecule has 2 heterocycles. The van der Waals surface area contributed by atoms with Crippen molar-refractivity contribution in [1.82, 2.24) is 4.98 Å². The van der Waals surface area contributed by atoms with Gasteiger partial charge >= 0.3 is 5.97 Å². The number of aromatic nitrogens is 1. The second kappa shape index (κ2) is 8.59. The standard InChI is InChI=1S/C23H21F2N3O3/c1-14(16-3-5-17(6-4-16)23(29)30)27-22-21-20(8-9-26-22)31-11-10-28(21)13-15-2-7-18(24)19(25)12-15/h2-9,12,14H,10-11,13H2,1H3,(H,26,27)(H,29,30)/t14-/m0/s1. The van der Waals surface area contributed by atoms with Crippen LogP contribution < -0.4 is 15.0 Å². The second-order valence-corrected chi connectivity index (χ2v) is 7.32. The van der Waals surface area contributed by atoms with Gasteiger partial charge in [-0.1, -0.05) is 18.2 Å². The number of carboxylic acid groups (broad SMARTS) is 1. The minimum atomic E-state index is -0.976. The zero-order chi connectivity index (χ0) is 22.0. The number of nitrogens with zero attached hydrogens (tertiary/aromatic N) is 2. The summed E-state index contributed by atoms with van der Waals surface area (Å²) < 4.78 is 32.7. The van der Waals surface area contributed by atoms with Crippen LogP contribution in [0.1, 0.15) is 34.5 Å². The molecule has 0 fully saturated rings. The van der Waals surface area contributed by atoms with Gasteiger partial charge in [-0.05, 0) is 42.3 Å². The first-order chi connectivity index (χ1) is 14.9. The highest BCUT2D eigenvalue weighted by atomic mass is 19.2. The molecular weight excluding hydrogens is 404 g/mol. The summed E-state index contributed by atoms with van der Waals surface area (Å²) in [5.74, 6) is -1.49. The number of aromatic carboxylic acids is 1. The molecule has 4 rings (SSSR count). The van der Waals surface area contributed by atoms with Gasteiger partial charge in [0.25, 0.3) is 0 Å². The maximum absolute atomic E-state index is 13.7. The highest BCUT2D eigenvalue weighted by molar-refractivity contribution is 5.87. The van der Waals surface area contributed by atoms with Crippen LogP contribution in [0.25, 0.3) is 0 Å². The molecule has 0 unspecified atom stereocenters. The average Bonchev–Trinajstić information content (AvgIpc) is 2.76. The third-order valence-electron chi connectivity index (χ3n) is 5.19. The number of carbonyl (C=O) groups is 1. The smallest absolute Gasteiger partial charge is 0.335 e. The summed E-state index contributed by atoms with van der Waals surface area (Å²) in [4.78, 5) is 17.6. The fourth-order valence-corrected chi connectivity index (χ4v) is 3.56. The SMILES string of the molecule is C[C@H](Nc1nccc2c1N(Cc1ccc(F)c(F)c1)CCO2)c1ccc(C(=O)O)cc1. The first kappa shape index (κ1) is 20.6. The van der Waals surface area contributed by atoms with Crippen molar-refractivity contribution in [2.75, 3.05) is 23.4 Å². The van der Waals surface area contributed by atoms with Gasteiger partial charge in [0.1, 0.15) is 18.0 Å². The molecule has 0 bridgehead atoms. The van der Waals surface area contributed by atoms with Crippen molar-refractivity contribution in [3.8, 4) is 5.75 Å². The number of pyridine rings is 1. The lowest BCUT2D eigenvalue weighted by atomic mass is 10.1. The third kappa shape index (κ3) is 4.42. The Balaban J connectivity index is 1.59. The molecule has 3 aromatic rings. The Morgan fingerprint density at radius 1 is 1.19 bits per heavy atom. The van der Waals surface area contributed by atoms with Crippen LogP contribution in [0.5, 0.6) is 5.75 Å². The predicted octanol–water partition coefficient (Wildman–Crippen LogP) is 4.63. The van der Waals surface area contributed by atoms with E-state index in [0.717, 1.165) is 17.3 Å². The monoisotopic (exact) mass is 425 g/mol. The van der Waals surface area contributed by atoms with E-state index >= 15 is 0 Å². The molecule has 1 aliphatic heterocycles. The minimum Gasteiger partial charge on any atom is -0.489 e. The number of benzene rings is 2. The van der Waals surface area contributed by atoms with Crippen LogP contribution in [-0.4, -0.2) is 29.2 Å². The number of hydrogen-bond donors (Lipinski definition) is 2. The summed E-state index contributed by atoms with van der Waals surface area (Å²) in [6.45, 7) is 3.34. The van der Waals surface area contributed by atoms with Gasteiger partial charge in [0.15, 0.2) is 17.5 Å². The first-order valence-electron chi connectivity index (χ1n) is 9.83. The van der Waals surface area contributed by atoms with Crippen LogP contribution in [0.4, 0.5) is 20.3 Å². The Kier molecular flexibility index (Phi) is 5.70. The van der Waals surface area contributed by atoms with Crippen molar-refractivity contribution in [2.45, 2.75) is 19.5 Å². The molecule has 0 radical (unpaired) electrons. The molecule has 0 spiro atoms. The van der Waals surface area contributed by atoms with E-state index in [9.17, 15) is 13.6 Å². The van der Waals surface area contributed by atoms with Crippen molar-refractivity contribution in [1.29, 1.82) is 0 Å². The molecular formula is C23H21F2N3O3. The second-order valence-electron chi connectivity index (χ2n) is 7.32. The fourth-order valence-electron chi connectivity index (χ4n) is 3.56. The molecule has 8 heteroatoms. The Hall–Kier alpha value is -3.68. The molecule has 0 amide bonds. The molecule has 160 valence electrons. The number of anilines is 2. The van der Waals surface area contributed by atoms with Crippen LogP contribution in [0.15, 0.2) is 54.7 Å². The highest BCUT2D eigenvalue weighted by Gasteiger charge is 2.24. The number of ether oxygens (including phenoxy) is 1. The van der Waals surface area contributed by atoms with Gasteiger partial charge in [0.2, 0.25) is 0 Å². The van der Waals surface area contributed by atoms with E-state index in [4.69, 9.17) is 9.84 Å². The van der Waals surface area contributed by atoms with E-state index in [2.05, 4.69) is 10.3 Å². The molecule has 0 saturated heterocycles. The summed E-state index contributed by atoms with van der Waals surface area (Å²) in [6.07, 6.45) is 1.64. The van der Waals surface area contributed by atoms with Crippen LogP contribution in [0, 0.1) is 11.6 Å². The lowest BCUT2D eigenvalue weighted by Crippen LogP contribution is -2.33. The third-order valence-corrected chi connectivity index (χ3v) is 5.19. The van der Waals surface area contributed by atoms with Crippen molar-refractivity contribution in [3.63, 3.8) is 0 Å². The van der Waals surface area contributed by atoms with Crippen molar-refractivity contribution >= 4 is 17.5 Å². The number of fused-ring (bicyclic) bond motifs is 1. The molecule has 1 aromatic heterocycles. The van der Waals surface area contributed by atoms with E-state index in [1.807, 2.05) is 11.8 Å². The Morgan fingerprint density at radius 3 is 2.68 bits per heavy atom. The molecule has 2 N–H and O–H groups in total. The molecule has 6 nitrogen and oxygen atoms in total. The van der Waals surface area contributed by atoms with Crippen LogP contribution in [0.2, 0.25) is 0 Å². The topological polar surface area (TPSA) is 74.7 Å². The number of carboxylic acids is 1. The van der Waals surface area contributed by atoms with E-state index < -0.39 is 17.6 Å². The van der Waals surface area contributed by atoms with Gasteiger partial charge in [-0.25, -0.2) is 18.6 Å². The molecule has 1 atom stereocenters. The maximum atomic E-state index is 13.7. The van der Waals surface area contributed by atoms with Crippen molar-refractivity contribution in [3.05, 3.63) is 83.1 Å². The largest absolute Gasteiger partial charge is 0.489 e. The van der Waals surface area contributed by atoms with Crippen LogP contribution in [0.3, 0.4) is 0 Å². The number of nitrogens with one attached hydrogen (secondary N) is 1. The highest BCUT2D eigenvalue weighted by Crippen LogP contribution is 2.39. The normalized spacial score (nSPS) is 13.8. The van der Waals surface area contributed by atoms with Gasteiger partial charge in [-0.2, -0.15) is 0 Å². The van der Waals surface area contributed by atoms with Gasteiger partial charge in [0.05, 0.1) is 18.2 Å². The maximum Gasteiger partial charge on any atom is 0.335 e. The Labute approximate surface area is 178 Å². The molecule has 2 aromatic carbocycles. The van der Waals surface area contributed by atoms with Crippen LogP contribution >= 0.6 is 0 Å². The summed E-state index contributed by atoms with van der Waals surface area (Å²) in [5.41, 5.74) is 2.50. The quantitative estimate of drug-likeness (QED) is 0.600. The van der Waals surface area contributed by atoms with Gasteiger partial charge < -0.3 is 20.1 Å². The summed E-state index contributed by atoms with van der Waals surface area (Å²) >= 11 is 0. The molecule has 0 saturated carbocycles. The van der Waals surface area contributed by atoms with Crippen molar-refractivity contribution < 1.29 is 23.4 Å². The summed E-state index contributed by atoms with van der Waals surface area (Å²) in [5, 5.41) is 12.4. The molecule has 1 aliphatic rings. The van der Waals surface area contributed by atoms with E-state index in [1.165, 1.54) is 6.07 Å². The number of hydrogen-bond acceptors (Lipinski definition) is 5. The lowest BCUT2D eigenvalue weighted by Gasteiger charge is -2.33. The fraction of sp³-hybridized carbons (Fsp3) is 0.217. The van der Waals surface area contributed by atoms with Gasteiger partial charge in [0, 0.05) is 18.8 Å². The average molecular weight is 425 g/mol.